The molecule has 0 heterocycles. The lowest BCUT2D eigenvalue weighted by Gasteiger charge is -2.07. The molecule has 0 aliphatic heterocycles. The van der Waals surface area contributed by atoms with Crippen molar-refractivity contribution in [3.8, 4) is 11.5 Å². The highest BCUT2D eigenvalue weighted by Gasteiger charge is 2.07. The predicted molar refractivity (Wildman–Crippen MR) is 86.0 cm³/mol. The van der Waals surface area contributed by atoms with Crippen LogP contribution in [0.2, 0.25) is 0 Å². The van der Waals surface area contributed by atoms with E-state index in [1.165, 1.54) is 12.1 Å². The monoisotopic (exact) mass is 300 g/mol. The van der Waals surface area contributed by atoms with E-state index in [0.29, 0.717) is 22.7 Å². The molecule has 2 rings (SSSR count). The number of ether oxygens (including phenoxy) is 2. The van der Waals surface area contributed by atoms with Crippen molar-refractivity contribution in [3.05, 3.63) is 57.6 Å². The molecule has 0 aromatic heterocycles. The van der Waals surface area contributed by atoms with E-state index in [0.717, 1.165) is 5.56 Å². The largest absolute Gasteiger partial charge is 0.497 e. The molecule has 0 amide bonds. The first-order chi connectivity index (χ1) is 10.5. The van der Waals surface area contributed by atoms with Crippen molar-refractivity contribution in [2.75, 3.05) is 20.0 Å². The van der Waals surface area contributed by atoms with Crippen molar-refractivity contribution in [1.29, 1.82) is 0 Å². The number of nitro benzene ring substituents is 1. The third kappa shape index (κ3) is 3.35. The van der Waals surface area contributed by atoms with Crippen LogP contribution in [0.5, 0.6) is 11.5 Å². The van der Waals surface area contributed by atoms with Gasteiger partial charge in [-0.25, -0.2) is 0 Å². The van der Waals surface area contributed by atoms with Crippen molar-refractivity contribution < 1.29 is 14.4 Å². The van der Waals surface area contributed by atoms with E-state index in [1.54, 1.807) is 38.5 Å². The Morgan fingerprint density at radius 1 is 1.05 bits per heavy atom. The Hall–Kier alpha value is -3.02. The Kier molecular flexibility index (Phi) is 4.63. The second-order valence-electron chi connectivity index (χ2n) is 4.51. The molecule has 0 unspecified atom stereocenters. The number of anilines is 1. The van der Waals surface area contributed by atoms with Crippen LogP contribution in [0.25, 0.3) is 12.2 Å². The number of hydrogen-bond acceptors (Lipinski definition) is 5. The molecular formula is C16H16N2O4. The molecule has 6 nitrogen and oxygen atoms in total. The van der Waals surface area contributed by atoms with Gasteiger partial charge in [0.2, 0.25) is 0 Å². The fourth-order valence-corrected chi connectivity index (χ4v) is 1.98. The first-order valence-corrected chi connectivity index (χ1v) is 6.49. The van der Waals surface area contributed by atoms with Crippen molar-refractivity contribution in [2.45, 2.75) is 0 Å². The van der Waals surface area contributed by atoms with Gasteiger partial charge in [-0.15, -0.1) is 0 Å². The molecule has 2 N–H and O–H groups in total. The summed E-state index contributed by atoms with van der Waals surface area (Å²) in [6.45, 7) is 0. The molecule has 6 heteroatoms. The van der Waals surface area contributed by atoms with E-state index in [1.807, 2.05) is 12.1 Å². The van der Waals surface area contributed by atoms with Crippen LogP contribution >= 0.6 is 0 Å². The Bertz CT molecular complexity index is 726. The fourth-order valence-electron chi connectivity index (χ4n) is 1.98. The minimum Gasteiger partial charge on any atom is -0.497 e. The first-order valence-electron chi connectivity index (χ1n) is 6.49. The van der Waals surface area contributed by atoms with Gasteiger partial charge in [-0.3, -0.25) is 10.1 Å². The van der Waals surface area contributed by atoms with E-state index < -0.39 is 4.92 Å². The van der Waals surface area contributed by atoms with Gasteiger partial charge in [0.1, 0.15) is 11.5 Å². The van der Waals surface area contributed by atoms with Crippen molar-refractivity contribution in [2.24, 2.45) is 0 Å². The molecule has 2 aromatic rings. The van der Waals surface area contributed by atoms with Crippen molar-refractivity contribution >= 4 is 23.5 Å². The molecule has 0 radical (unpaired) electrons. The first kappa shape index (κ1) is 15.4. The quantitative estimate of drug-likeness (QED) is 0.396. The highest BCUT2D eigenvalue weighted by molar-refractivity contribution is 5.78. The minimum atomic E-state index is -0.477. The summed E-state index contributed by atoms with van der Waals surface area (Å²) < 4.78 is 10.5. The van der Waals surface area contributed by atoms with Crippen LogP contribution in [-0.2, 0) is 0 Å². The zero-order valence-electron chi connectivity index (χ0n) is 12.3. The minimum absolute atomic E-state index is 0.0337. The Balaban J connectivity index is 2.34. The number of hydrogen-bond donors (Lipinski definition) is 1. The van der Waals surface area contributed by atoms with E-state index in [-0.39, 0.29) is 5.69 Å². The van der Waals surface area contributed by atoms with Crippen molar-refractivity contribution in [1.82, 2.24) is 0 Å². The molecule has 0 atom stereocenters. The normalized spacial score (nSPS) is 10.6. The maximum absolute atomic E-state index is 10.7. The lowest BCUT2D eigenvalue weighted by molar-refractivity contribution is -0.384. The lowest BCUT2D eigenvalue weighted by atomic mass is 10.1. The van der Waals surface area contributed by atoms with Crippen LogP contribution in [0, 0.1) is 10.1 Å². The molecule has 0 aliphatic rings. The van der Waals surface area contributed by atoms with Gasteiger partial charge in [-0.05, 0) is 29.8 Å². The van der Waals surface area contributed by atoms with Gasteiger partial charge in [0.05, 0.1) is 19.1 Å². The molecule has 0 bridgehead atoms. The van der Waals surface area contributed by atoms with Gasteiger partial charge < -0.3 is 15.2 Å². The summed E-state index contributed by atoms with van der Waals surface area (Å²) in [5.41, 5.74) is 7.65. The molecular weight excluding hydrogens is 284 g/mol. The summed E-state index contributed by atoms with van der Waals surface area (Å²) in [6.07, 6.45) is 3.59. The lowest BCUT2D eigenvalue weighted by Crippen LogP contribution is -1.93. The van der Waals surface area contributed by atoms with Crippen LogP contribution in [0.1, 0.15) is 11.1 Å². The van der Waals surface area contributed by atoms with Gasteiger partial charge in [0, 0.05) is 23.4 Å². The third-order valence-corrected chi connectivity index (χ3v) is 3.16. The molecule has 0 spiro atoms. The molecule has 0 aliphatic carbocycles. The zero-order chi connectivity index (χ0) is 16.1. The number of methoxy groups -OCH3 is 2. The van der Waals surface area contributed by atoms with Crippen LogP contribution in [-0.4, -0.2) is 19.1 Å². The van der Waals surface area contributed by atoms with Gasteiger partial charge >= 0.3 is 0 Å². The van der Waals surface area contributed by atoms with Crippen LogP contribution < -0.4 is 15.2 Å². The molecule has 2 aromatic carbocycles. The number of nitrogens with zero attached hydrogens (tertiary/aromatic N) is 1. The summed E-state index contributed by atoms with van der Waals surface area (Å²) in [7, 11) is 3.17. The molecule has 0 fully saturated rings. The number of rotatable bonds is 5. The fraction of sp³-hybridized carbons (Fsp3) is 0.125. The van der Waals surface area contributed by atoms with Gasteiger partial charge in [0.25, 0.3) is 5.69 Å². The highest BCUT2D eigenvalue weighted by Crippen LogP contribution is 2.27. The van der Waals surface area contributed by atoms with Crippen molar-refractivity contribution in [3.63, 3.8) is 0 Å². The number of nitrogens with two attached hydrogens (primary N) is 1. The summed E-state index contributed by atoms with van der Waals surface area (Å²) in [5, 5.41) is 10.7. The number of benzene rings is 2. The average molecular weight is 300 g/mol. The van der Waals surface area contributed by atoms with E-state index >= 15 is 0 Å². The Morgan fingerprint density at radius 2 is 1.77 bits per heavy atom. The molecule has 0 saturated heterocycles. The predicted octanol–water partition coefficient (Wildman–Crippen LogP) is 3.36. The van der Waals surface area contributed by atoms with Crippen LogP contribution in [0.4, 0.5) is 11.4 Å². The molecule has 22 heavy (non-hydrogen) atoms. The summed E-state index contributed by atoms with van der Waals surface area (Å²) in [6, 6.07) is 9.79. The van der Waals surface area contributed by atoms with Crippen LogP contribution in [0.3, 0.4) is 0 Å². The molecule has 0 saturated carbocycles. The maximum Gasteiger partial charge on any atom is 0.271 e. The van der Waals surface area contributed by atoms with E-state index in [2.05, 4.69) is 0 Å². The number of nitrogen functional groups attached to an aromatic ring is 1. The number of nitro groups is 1. The van der Waals surface area contributed by atoms with E-state index in [4.69, 9.17) is 15.2 Å². The third-order valence-electron chi connectivity index (χ3n) is 3.16. The van der Waals surface area contributed by atoms with Crippen LogP contribution in [0.15, 0.2) is 36.4 Å². The smallest absolute Gasteiger partial charge is 0.271 e. The molecule has 114 valence electrons. The summed E-state index contributed by atoms with van der Waals surface area (Å²) in [4.78, 5) is 10.2. The van der Waals surface area contributed by atoms with Gasteiger partial charge in [-0.1, -0.05) is 12.2 Å². The maximum atomic E-state index is 10.7. The second-order valence-corrected chi connectivity index (χ2v) is 4.51. The average Bonchev–Trinajstić information content (AvgIpc) is 2.53. The highest BCUT2D eigenvalue weighted by atomic mass is 16.6. The Labute approximate surface area is 127 Å². The topological polar surface area (TPSA) is 87.6 Å². The van der Waals surface area contributed by atoms with Gasteiger partial charge in [-0.2, -0.15) is 0 Å². The summed E-state index contributed by atoms with van der Waals surface area (Å²) in [5.74, 6) is 1.40. The second kappa shape index (κ2) is 6.62. The van der Waals surface area contributed by atoms with Gasteiger partial charge in [0.15, 0.2) is 0 Å². The standard InChI is InChI=1S/C16H16N2O4/c1-21-14-7-8-16(22-2)12(9-14)4-3-11-5-6-13(18(19)20)10-15(11)17/h3-10H,17H2,1-2H3/b4-3+. The Morgan fingerprint density at radius 3 is 2.36 bits per heavy atom. The summed E-state index contributed by atoms with van der Waals surface area (Å²) >= 11 is 0. The van der Waals surface area contributed by atoms with E-state index in [9.17, 15) is 10.1 Å². The number of non-ortho nitro benzene ring substituents is 1. The zero-order valence-corrected chi connectivity index (χ0v) is 12.3. The SMILES string of the molecule is COc1ccc(OC)c(/C=C/c2ccc([N+](=O)[O-])cc2N)c1.